The average molecular weight is 345 g/mol. The Morgan fingerprint density at radius 1 is 1.42 bits per heavy atom. The van der Waals surface area contributed by atoms with Crippen molar-refractivity contribution in [3.05, 3.63) is 34.1 Å². The third kappa shape index (κ3) is 3.30. The molecule has 1 aromatic rings. The third-order valence-corrected chi connectivity index (χ3v) is 4.34. The molecular formula is C13H14BrFN2OS. The highest BCUT2D eigenvalue weighted by molar-refractivity contribution is 9.10. The van der Waals surface area contributed by atoms with E-state index >= 15 is 0 Å². The first-order valence-corrected chi connectivity index (χ1v) is 7.23. The summed E-state index contributed by atoms with van der Waals surface area (Å²) in [5.74, 6) is -0.236. The molecule has 1 heterocycles. The number of amides is 1. The van der Waals surface area contributed by atoms with Crippen LogP contribution in [0.1, 0.15) is 23.2 Å². The first-order valence-electron chi connectivity index (χ1n) is 6.02. The van der Waals surface area contributed by atoms with Crippen LogP contribution in [-0.4, -0.2) is 28.9 Å². The molecule has 1 amide bonds. The molecule has 0 aromatic heterocycles. The van der Waals surface area contributed by atoms with Gasteiger partial charge < -0.3 is 10.6 Å². The average Bonchev–Trinajstić information content (AvgIpc) is 2.38. The number of thiocarbonyl (C=S) groups is 1. The summed E-state index contributed by atoms with van der Waals surface area (Å²) in [4.78, 5) is 14.6. The lowest BCUT2D eigenvalue weighted by Crippen LogP contribution is -2.41. The van der Waals surface area contributed by atoms with Crippen LogP contribution >= 0.6 is 28.1 Å². The molecule has 2 N–H and O–H groups in total. The van der Waals surface area contributed by atoms with Crippen LogP contribution in [0.5, 0.6) is 0 Å². The molecule has 1 aliphatic rings. The van der Waals surface area contributed by atoms with Gasteiger partial charge in [0.25, 0.3) is 5.91 Å². The standard InChI is InChI=1S/C13H14BrFN2OS/c14-11-7-9(15)1-2-10(11)13(18)17-5-3-8(4-6-17)12(16)19/h1-2,7-8H,3-6H2,(H2,16,19). The molecule has 6 heteroatoms. The van der Waals surface area contributed by atoms with E-state index in [1.54, 1.807) is 4.90 Å². The Morgan fingerprint density at radius 3 is 2.58 bits per heavy atom. The van der Waals surface area contributed by atoms with Crippen molar-refractivity contribution < 1.29 is 9.18 Å². The summed E-state index contributed by atoms with van der Waals surface area (Å²) < 4.78 is 13.5. The number of halogens is 2. The van der Waals surface area contributed by atoms with E-state index in [1.165, 1.54) is 18.2 Å². The van der Waals surface area contributed by atoms with Crippen molar-refractivity contribution in [1.29, 1.82) is 0 Å². The number of carbonyl (C=O) groups excluding carboxylic acids is 1. The van der Waals surface area contributed by atoms with Crippen molar-refractivity contribution in [3.8, 4) is 0 Å². The minimum Gasteiger partial charge on any atom is -0.393 e. The molecule has 0 bridgehead atoms. The first-order chi connectivity index (χ1) is 8.99. The van der Waals surface area contributed by atoms with Gasteiger partial charge in [0, 0.05) is 23.5 Å². The van der Waals surface area contributed by atoms with Crippen LogP contribution in [0.4, 0.5) is 4.39 Å². The second kappa shape index (κ2) is 5.96. The van der Waals surface area contributed by atoms with E-state index in [4.69, 9.17) is 18.0 Å². The number of hydrogen-bond donors (Lipinski definition) is 1. The number of likely N-dealkylation sites (tertiary alicyclic amines) is 1. The smallest absolute Gasteiger partial charge is 0.255 e. The molecule has 3 nitrogen and oxygen atoms in total. The van der Waals surface area contributed by atoms with Crippen molar-refractivity contribution in [1.82, 2.24) is 4.90 Å². The van der Waals surface area contributed by atoms with Gasteiger partial charge in [-0.2, -0.15) is 0 Å². The molecule has 0 aliphatic carbocycles. The lowest BCUT2D eigenvalue weighted by molar-refractivity contribution is 0.0709. The van der Waals surface area contributed by atoms with Crippen LogP contribution in [0, 0.1) is 11.7 Å². The fourth-order valence-corrected chi connectivity index (χ4v) is 2.96. The second-order valence-electron chi connectivity index (χ2n) is 4.59. The molecule has 0 radical (unpaired) electrons. The zero-order valence-corrected chi connectivity index (χ0v) is 12.6. The number of carbonyl (C=O) groups is 1. The maximum Gasteiger partial charge on any atom is 0.255 e. The van der Waals surface area contributed by atoms with Crippen molar-refractivity contribution in [2.45, 2.75) is 12.8 Å². The zero-order chi connectivity index (χ0) is 14.0. The van der Waals surface area contributed by atoms with Gasteiger partial charge in [0.15, 0.2) is 0 Å². The predicted octanol–water partition coefficient (Wildman–Crippen LogP) is 2.73. The van der Waals surface area contributed by atoms with Gasteiger partial charge in [-0.15, -0.1) is 0 Å². The second-order valence-corrected chi connectivity index (χ2v) is 5.92. The third-order valence-electron chi connectivity index (χ3n) is 3.35. The van der Waals surface area contributed by atoms with E-state index in [1.807, 2.05) is 0 Å². The molecule has 0 saturated carbocycles. The largest absolute Gasteiger partial charge is 0.393 e. The molecule has 1 fully saturated rings. The van der Waals surface area contributed by atoms with Crippen molar-refractivity contribution in [3.63, 3.8) is 0 Å². The van der Waals surface area contributed by atoms with Gasteiger partial charge in [0.1, 0.15) is 5.82 Å². The number of nitrogens with zero attached hydrogens (tertiary/aromatic N) is 1. The predicted molar refractivity (Wildman–Crippen MR) is 79.5 cm³/mol. The number of benzene rings is 1. The monoisotopic (exact) mass is 344 g/mol. The summed E-state index contributed by atoms with van der Waals surface area (Å²) in [5, 5.41) is 0. The summed E-state index contributed by atoms with van der Waals surface area (Å²) >= 11 is 8.19. The molecule has 1 saturated heterocycles. The van der Waals surface area contributed by atoms with Crippen LogP contribution in [-0.2, 0) is 0 Å². The van der Waals surface area contributed by atoms with E-state index in [9.17, 15) is 9.18 Å². The van der Waals surface area contributed by atoms with Crippen LogP contribution < -0.4 is 5.73 Å². The van der Waals surface area contributed by atoms with Crippen LogP contribution in [0.15, 0.2) is 22.7 Å². The van der Waals surface area contributed by atoms with Gasteiger partial charge >= 0.3 is 0 Å². The number of hydrogen-bond acceptors (Lipinski definition) is 2. The lowest BCUT2D eigenvalue weighted by atomic mass is 9.96. The summed E-state index contributed by atoms with van der Waals surface area (Å²) in [6.45, 7) is 1.26. The Bertz CT molecular complexity index is 515. The summed E-state index contributed by atoms with van der Waals surface area (Å²) in [5.41, 5.74) is 6.10. The quantitative estimate of drug-likeness (QED) is 0.839. The van der Waals surface area contributed by atoms with Crippen molar-refractivity contribution >= 4 is 39.0 Å². The molecule has 102 valence electrons. The highest BCUT2D eigenvalue weighted by Gasteiger charge is 2.25. The fraction of sp³-hybridized carbons (Fsp3) is 0.385. The van der Waals surface area contributed by atoms with Gasteiger partial charge in [-0.05, 0) is 47.0 Å². The van der Waals surface area contributed by atoms with Gasteiger partial charge in [-0.25, -0.2) is 4.39 Å². The first kappa shape index (κ1) is 14.4. The summed E-state index contributed by atoms with van der Waals surface area (Å²) in [7, 11) is 0. The molecule has 2 rings (SSSR count). The number of piperidine rings is 1. The minimum absolute atomic E-state index is 0.0896. The van der Waals surface area contributed by atoms with Gasteiger partial charge in [-0.3, -0.25) is 4.79 Å². The molecule has 0 atom stereocenters. The van der Waals surface area contributed by atoms with Crippen molar-refractivity contribution in [2.24, 2.45) is 11.7 Å². The van der Waals surface area contributed by atoms with E-state index in [0.717, 1.165) is 12.8 Å². The Kier molecular flexibility index (Phi) is 4.52. The maximum atomic E-state index is 13.0. The van der Waals surface area contributed by atoms with Gasteiger partial charge in [-0.1, -0.05) is 12.2 Å². The Balaban J connectivity index is 2.07. The Labute approximate surface area is 125 Å². The van der Waals surface area contributed by atoms with E-state index < -0.39 is 0 Å². The number of rotatable bonds is 2. The van der Waals surface area contributed by atoms with Crippen molar-refractivity contribution in [2.75, 3.05) is 13.1 Å². The molecule has 0 unspecified atom stereocenters. The fourth-order valence-electron chi connectivity index (χ4n) is 2.20. The molecule has 1 aromatic carbocycles. The Morgan fingerprint density at radius 2 is 2.05 bits per heavy atom. The van der Waals surface area contributed by atoms with E-state index in [0.29, 0.717) is 28.1 Å². The van der Waals surface area contributed by atoms with Gasteiger partial charge in [0.2, 0.25) is 0 Å². The summed E-state index contributed by atoms with van der Waals surface area (Å²) in [6.07, 6.45) is 1.58. The molecule has 0 spiro atoms. The van der Waals surface area contributed by atoms with E-state index in [2.05, 4.69) is 15.9 Å². The molecular weight excluding hydrogens is 331 g/mol. The van der Waals surface area contributed by atoms with Gasteiger partial charge in [0.05, 0.1) is 10.6 Å². The SMILES string of the molecule is NC(=S)C1CCN(C(=O)c2ccc(F)cc2Br)CC1. The van der Waals surface area contributed by atoms with Crippen LogP contribution in [0.3, 0.4) is 0 Å². The topological polar surface area (TPSA) is 46.3 Å². The van der Waals surface area contributed by atoms with Crippen LogP contribution in [0.2, 0.25) is 0 Å². The maximum absolute atomic E-state index is 13.0. The normalized spacial score (nSPS) is 16.4. The number of nitrogens with two attached hydrogens (primary N) is 1. The van der Waals surface area contributed by atoms with E-state index in [-0.39, 0.29) is 17.6 Å². The zero-order valence-electron chi connectivity index (χ0n) is 10.2. The van der Waals surface area contributed by atoms with Crippen LogP contribution in [0.25, 0.3) is 0 Å². The summed E-state index contributed by atoms with van der Waals surface area (Å²) in [6, 6.07) is 4.09. The highest BCUT2D eigenvalue weighted by atomic mass is 79.9. The molecule has 1 aliphatic heterocycles. The highest BCUT2D eigenvalue weighted by Crippen LogP contribution is 2.23. The lowest BCUT2D eigenvalue weighted by Gasteiger charge is -2.31. The molecule has 19 heavy (non-hydrogen) atoms. The minimum atomic E-state index is -0.365. The Hall–Kier alpha value is -1.01.